The molecule has 0 bridgehead atoms. The Morgan fingerprint density at radius 1 is 1.39 bits per heavy atom. The van der Waals surface area contributed by atoms with Gasteiger partial charge in [-0.3, -0.25) is 4.79 Å². The summed E-state index contributed by atoms with van der Waals surface area (Å²) in [6, 6.07) is 2.97. The van der Waals surface area contributed by atoms with E-state index in [4.69, 9.17) is 20.6 Å². The van der Waals surface area contributed by atoms with Gasteiger partial charge in [-0.05, 0) is 12.1 Å². The van der Waals surface area contributed by atoms with Crippen molar-refractivity contribution in [3.05, 3.63) is 23.3 Å². The molecule has 0 fully saturated rings. The van der Waals surface area contributed by atoms with Gasteiger partial charge >= 0.3 is 5.97 Å². The molecule has 0 radical (unpaired) electrons. The molecule has 0 atom stereocenters. The molecule has 94 valence electrons. The number of esters is 1. The Morgan fingerprint density at radius 3 is 2.61 bits per heavy atom. The van der Waals surface area contributed by atoms with E-state index >= 15 is 0 Å². The average molecular weight is 248 g/mol. The molecule has 0 spiro atoms. The lowest BCUT2D eigenvalue weighted by Gasteiger charge is -2.13. The van der Waals surface area contributed by atoms with Crippen LogP contribution in [0.15, 0.2) is 12.1 Å². The van der Waals surface area contributed by atoms with Crippen LogP contribution in [0.5, 0.6) is 11.5 Å². The van der Waals surface area contributed by atoms with Gasteiger partial charge in [0.25, 0.3) is 0 Å². The molecule has 0 amide bonds. The van der Waals surface area contributed by atoms with Crippen molar-refractivity contribution in [2.45, 2.75) is 0 Å². The van der Waals surface area contributed by atoms with Crippen molar-refractivity contribution >= 4 is 12.3 Å². The summed E-state index contributed by atoms with van der Waals surface area (Å²) in [5.41, 5.74) is 0.150. The molecule has 5 nitrogen and oxygen atoms in total. The topological polar surface area (TPSA) is 61.8 Å². The van der Waals surface area contributed by atoms with Crippen LogP contribution in [0.4, 0.5) is 0 Å². The molecule has 0 saturated carbocycles. The van der Waals surface area contributed by atoms with E-state index in [1.165, 1.54) is 26.4 Å². The molecule has 1 aromatic rings. The van der Waals surface area contributed by atoms with E-state index in [9.17, 15) is 9.59 Å². The van der Waals surface area contributed by atoms with Gasteiger partial charge in [-0.25, -0.2) is 4.79 Å². The monoisotopic (exact) mass is 248 g/mol. The number of carbonyl (C=O) groups is 2. The number of methoxy groups -OCH3 is 2. The minimum atomic E-state index is -0.731. The molecule has 0 heterocycles. The van der Waals surface area contributed by atoms with E-state index in [0.717, 1.165) is 0 Å². The van der Waals surface area contributed by atoms with Crippen LogP contribution < -0.4 is 9.47 Å². The number of carbonyl (C=O) groups excluding carboxylic acids is 2. The maximum atomic E-state index is 11.8. The highest BCUT2D eigenvalue weighted by atomic mass is 16.5. The lowest BCUT2D eigenvalue weighted by Crippen LogP contribution is -2.11. The first-order chi connectivity index (χ1) is 8.69. The van der Waals surface area contributed by atoms with Gasteiger partial charge in [-0.15, -0.1) is 6.42 Å². The SMILES string of the molecule is C#CCOC(=O)c1c(C=O)ccc(OC)c1OC. The first-order valence-corrected chi connectivity index (χ1v) is 5.00. The average Bonchev–Trinajstić information content (AvgIpc) is 2.42. The molecule has 5 heteroatoms. The Hall–Kier alpha value is -2.48. The summed E-state index contributed by atoms with van der Waals surface area (Å²) in [5.74, 6) is 1.91. The highest BCUT2D eigenvalue weighted by Crippen LogP contribution is 2.33. The Morgan fingerprint density at radius 2 is 2.11 bits per heavy atom. The lowest BCUT2D eigenvalue weighted by molar-refractivity contribution is 0.0550. The minimum absolute atomic E-state index is 0.00194. The van der Waals surface area contributed by atoms with Gasteiger partial charge in [0.2, 0.25) is 0 Å². The number of benzene rings is 1. The number of rotatable bonds is 5. The molecule has 0 unspecified atom stereocenters. The Kier molecular flexibility index (Phi) is 4.76. The lowest BCUT2D eigenvalue weighted by atomic mass is 10.1. The standard InChI is InChI=1S/C13H12O5/c1-4-7-18-13(15)11-9(8-14)5-6-10(16-2)12(11)17-3/h1,5-6,8H,7H2,2-3H3. The fourth-order valence-corrected chi connectivity index (χ4v) is 1.43. The van der Waals surface area contributed by atoms with Crippen molar-refractivity contribution in [2.75, 3.05) is 20.8 Å². The fraction of sp³-hybridized carbons (Fsp3) is 0.231. The first-order valence-electron chi connectivity index (χ1n) is 5.00. The summed E-state index contributed by atoms with van der Waals surface area (Å²) in [5, 5.41) is 0. The molecule has 0 aliphatic heterocycles. The molecule has 0 aliphatic carbocycles. The van der Waals surface area contributed by atoms with Gasteiger partial charge in [-0.1, -0.05) is 5.92 Å². The minimum Gasteiger partial charge on any atom is -0.493 e. The summed E-state index contributed by atoms with van der Waals surface area (Å²) in [7, 11) is 2.79. The third-order valence-corrected chi connectivity index (χ3v) is 2.20. The largest absolute Gasteiger partial charge is 0.493 e. The molecule has 1 aromatic carbocycles. The van der Waals surface area contributed by atoms with Crippen molar-refractivity contribution in [2.24, 2.45) is 0 Å². The van der Waals surface area contributed by atoms with Gasteiger partial charge < -0.3 is 14.2 Å². The highest BCUT2D eigenvalue weighted by Gasteiger charge is 2.22. The first kappa shape index (κ1) is 13.6. The zero-order chi connectivity index (χ0) is 13.5. The van der Waals surface area contributed by atoms with Gasteiger partial charge in [0.1, 0.15) is 5.56 Å². The summed E-state index contributed by atoms with van der Waals surface area (Å²) >= 11 is 0. The normalized spacial score (nSPS) is 9.17. The highest BCUT2D eigenvalue weighted by molar-refractivity contribution is 6.01. The van der Waals surface area contributed by atoms with Crippen LogP contribution in [0.1, 0.15) is 20.7 Å². The van der Waals surface area contributed by atoms with Crippen LogP contribution in [0, 0.1) is 12.3 Å². The second-order valence-corrected chi connectivity index (χ2v) is 3.16. The number of terminal acetylenes is 1. The van der Waals surface area contributed by atoms with Crippen molar-refractivity contribution < 1.29 is 23.8 Å². The van der Waals surface area contributed by atoms with Crippen LogP contribution in [-0.4, -0.2) is 33.1 Å². The van der Waals surface area contributed by atoms with Crippen LogP contribution in [0.25, 0.3) is 0 Å². The molecular weight excluding hydrogens is 236 g/mol. The fourth-order valence-electron chi connectivity index (χ4n) is 1.43. The third-order valence-electron chi connectivity index (χ3n) is 2.20. The Balaban J connectivity index is 3.32. The molecule has 18 heavy (non-hydrogen) atoms. The van der Waals surface area contributed by atoms with E-state index in [0.29, 0.717) is 12.0 Å². The zero-order valence-electron chi connectivity index (χ0n) is 10.1. The number of hydrogen-bond acceptors (Lipinski definition) is 5. The van der Waals surface area contributed by atoms with E-state index in [1.807, 2.05) is 0 Å². The quantitative estimate of drug-likeness (QED) is 0.446. The summed E-state index contributed by atoms with van der Waals surface area (Å²) in [4.78, 5) is 22.7. The van der Waals surface area contributed by atoms with Crippen molar-refractivity contribution in [1.82, 2.24) is 0 Å². The molecular formula is C13H12O5. The van der Waals surface area contributed by atoms with Gasteiger partial charge in [0.05, 0.1) is 14.2 Å². The smallest absolute Gasteiger partial charge is 0.343 e. The van der Waals surface area contributed by atoms with Gasteiger partial charge in [-0.2, -0.15) is 0 Å². The molecule has 0 aliphatic rings. The summed E-state index contributed by atoms with van der Waals surface area (Å²) in [6.07, 6.45) is 5.54. The number of aldehydes is 1. The zero-order valence-corrected chi connectivity index (χ0v) is 10.1. The molecule has 0 saturated heterocycles. The van der Waals surface area contributed by atoms with E-state index in [-0.39, 0.29) is 23.5 Å². The van der Waals surface area contributed by atoms with E-state index < -0.39 is 5.97 Å². The number of ether oxygens (including phenoxy) is 3. The van der Waals surface area contributed by atoms with Crippen molar-refractivity contribution in [3.8, 4) is 23.8 Å². The molecule has 1 rings (SSSR count). The predicted molar refractivity (Wildman–Crippen MR) is 64.0 cm³/mol. The van der Waals surface area contributed by atoms with Gasteiger partial charge in [0.15, 0.2) is 24.4 Å². The van der Waals surface area contributed by atoms with Crippen LogP contribution in [-0.2, 0) is 4.74 Å². The van der Waals surface area contributed by atoms with Crippen LogP contribution in [0.3, 0.4) is 0 Å². The Bertz CT molecular complexity index is 499. The van der Waals surface area contributed by atoms with E-state index in [2.05, 4.69) is 5.92 Å². The maximum absolute atomic E-state index is 11.8. The van der Waals surface area contributed by atoms with Crippen LogP contribution in [0.2, 0.25) is 0 Å². The Labute approximate surface area is 105 Å². The second-order valence-electron chi connectivity index (χ2n) is 3.16. The van der Waals surface area contributed by atoms with E-state index in [1.54, 1.807) is 0 Å². The summed E-state index contributed by atoms with van der Waals surface area (Å²) in [6.45, 7) is -0.183. The summed E-state index contributed by atoms with van der Waals surface area (Å²) < 4.78 is 14.9. The maximum Gasteiger partial charge on any atom is 0.343 e. The van der Waals surface area contributed by atoms with Crippen molar-refractivity contribution in [3.63, 3.8) is 0 Å². The third kappa shape index (κ3) is 2.61. The second kappa shape index (κ2) is 6.30. The number of hydrogen-bond donors (Lipinski definition) is 0. The molecule has 0 aromatic heterocycles. The molecule has 0 N–H and O–H groups in total. The van der Waals surface area contributed by atoms with Crippen molar-refractivity contribution in [1.29, 1.82) is 0 Å². The van der Waals surface area contributed by atoms with Crippen LogP contribution >= 0.6 is 0 Å². The van der Waals surface area contributed by atoms with Gasteiger partial charge in [0, 0.05) is 5.56 Å². The predicted octanol–water partition coefficient (Wildman–Crippen LogP) is 1.31.